The Morgan fingerprint density at radius 1 is 0.381 bits per heavy atom. The predicted molar refractivity (Wildman–Crippen MR) is 406 cm³/mol. The Morgan fingerprint density at radius 2 is 0.705 bits per heavy atom. The SMILES string of the molecule is CC(=O)c1ncn2c1[C@@H](C)N=C(c1ccccc1F)c1cc(Br)ccc1-2.CC(=O)c1ncn2c1[C@@H](C)N=C(c1ccccc1F)c1cc(C3CC3)ccc1-2.CC(=O)c1ncn2c1[C@@H](C)N=C(c1ccccc1F)c1cc(Cl)ccc1-2.CC(=O)c1ncn2c1[C@@H](C)N=C(c1ccccn1)c1cc(Br)ccc1-2. The van der Waals surface area contributed by atoms with Crippen LogP contribution < -0.4 is 0 Å². The number of carbonyl (C=O) groups excluding carboxylic acids is 4. The first kappa shape index (κ1) is 70.9. The first-order valence-corrected chi connectivity index (χ1v) is 35.9. The van der Waals surface area contributed by atoms with Crippen LogP contribution in [0.1, 0.15) is 213 Å². The van der Waals surface area contributed by atoms with Crippen molar-refractivity contribution in [2.45, 2.75) is 98.3 Å². The summed E-state index contributed by atoms with van der Waals surface area (Å²) < 4.78 is 53.2. The van der Waals surface area contributed by atoms with Gasteiger partial charge in [-0.05, 0) is 167 Å². The molecular formula is C82H65Br2ClF3N13O4. The summed E-state index contributed by atoms with van der Waals surface area (Å²) in [6, 6.07) is 47.7. The zero-order valence-electron chi connectivity index (χ0n) is 58.0. The summed E-state index contributed by atoms with van der Waals surface area (Å²) in [6.45, 7) is 13.7. The van der Waals surface area contributed by atoms with Gasteiger partial charge in [0.15, 0.2) is 23.1 Å². The molecule has 0 spiro atoms. The van der Waals surface area contributed by atoms with Gasteiger partial charge in [-0.15, -0.1) is 0 Å². The number of aromatic nitrogens is 9. The summed E-state index contributed by atoms with van der Waals surface area (Å²) in [6.07, 6.45) is 10.8. The van der Waals surface area contributed by atoms with Crippen LogP contribution in [0.5, 0.6) is 0 Å². The minimum absolute atomic E-state index is 0.0595. The van der Waals surface area contributed by atoms with Crippen molar-refractivity contribution in [3.05, 3.63) is 322 Å². The highest BCUT2D eigenvalue weighted by molar-refractivity contribution is 9.10. The largest absolute Gasteiger partial charge is 0.300 e. The number of rotatable bonds is 9. The van der Waals surface area contributed by atoms with Crippen molar-refractivity contribution >= 4 is 89.4 Å². The number of carbonyl (C=O) groups is 4. The van der Waals surface area contributed by atoms with E-state index in [1.54, 1.807) is 92.2 Å². The fourth-order valence-electron chi connectivity index (χ4n) is 13.8. The summed E-state index contributed by atoms with van der Waals surface area (Å²) in [4.78, 5) is 89.2. The molecule has 0 amide bonds. The van der Waals surface area contributed by atoms with Gasteiger partial charge in [0, 0.05) is 86.8 Å². The van der Waals surface area contributed by atoms with Crippen LogP contribution in [0, 0.1) is 17.5 Å². The van der Waals surface area contributed by atoms with Crippen LogP contribution in [-0.2, 0) is 0 Å². The lowest BCUT2D eigenvalue weighted by atomic mass is 9.96. The Balaban J connectivity index is 0.000000118. The second-order valence-corrected chi connectivity index (χ2v) is 28.2. The number of hydrogen-bond donors (Lipinski definition) is 0. The fourth-order valence-corrected chi connectivity index (χ4v) is 14.7. The molecule has 9 heterocycles. The van der Waals surface area contributed by atoms with Crippen molar-refractivity contribution in [3.8, 4) is 22.7 Å². The number of halogens is 6. The van der Waals surface area contributed by atoms with Gasteiger partial charge in [0.2, 0.25) is 0 Å². The van der Waals surface area contributed by atoms with E-state index in [1.807, 2.05) is 119 Å². The van der Waals surface area contributed by atoms with Crippen LogP contribution in [0.15, 0.2) is 224 Å². The summed E-state index contributed by atoms with van der Waals surface area (Å²) in [5.74, 6) is -0.825. The molecule has 4 aliphatic heterocycles. The number of hydrogen-bond acceptors (Lipinski definition) is 13. The lowest BCUT2D eigenvalue weighted by molar-refractivity contribution is 0.0999. The van der Waals surface area contributed by atoms with Gasteiger partial charge in [0.1, 0.15) is 65.5 Å². The number of imidazole rings is 4. The number of nitrogens with zero attached hydrogens (tertiary/aromatic N) is 13. The Labute approximate surface area is 624 Å². The molecule has 23 heteroatoms. The molecule has 1 saturated carbocycles. The molecule has 0 N–H and O–H groups in total. The van der Waals surface area contributed by atoms with E-state index < -0.39 is 0 Å². The third kappa shape index (κ3) is 13.7. The van der Waals surface area contributed by atoms with Crippen LogP contribution in [0.2, 0.25) is 5.02 Å². The first-order valence-electron chi connectivity index (χ1n) is 33.9. The van der Waals surface area contributed by atoms with Gasteiger partial charge in [-0.25, -0.2) is 33.1 Å². The van der Waals surface area contributed by atoms with E-state index in [2.05, 4.69) is 68.9 Å². The lowest BCUT2D eigenvalue weighted by Crippen LogP contribution is -2.09. The molecule has 105 heavy (non-hydrogen) atoms. The number of fused-ring (bicyclic) bond motifs is 12. The average molecular weight is 1550 g/mol. The highest BCUT2D eigenvalue weighted by atomic mass is 79.9. The zero-order valence-corrected chi connectivity index (χ0v) is 61.9. The zero-order chi connectivity index (χ0) is 73.8. The molecule has 5 aliphatic rings. The normalized spacial score (nSPS) is 16.4. The van der Waals surface area contributed by atoms with Crippen molar-refractivity contribution in [3.63, 3.8) is 0 Å². The number of ketones is 4. The van der Waals surface area contributed by atoms with Gasteiger partial charge in [-0.2, -0.15) is 0 Å². The van der Waals surface area contributed by atoms with Crippen molar-refractivity contribution < 1.29 is 32.3 Å². The molecule has 0 radical (unpaired) electrons. The Hall–Kier alpha value is -11.1. The van der Waals surface area contributed by atoms with Crippen molar-refractivity contribution in [1.29, 1.82) is 0 Å². The van der Waals surface area contributed by atoms with E-state index >= 15 is 0 Å². The van der Waals surface area contributed by atoms with Crippen molar-refractivity contribution in [1.82, 2.24) is 43.2 Å². The number of benzene rings is 7. The minimum Gasteiger partial charge on any atom is -0.300 e. The molecule has 0 unspecified atom stereocenters. The van der Waals surface area contributed by atoms with E-state index in [-0.39, 0.29) is 64.8 Å². The molecule has 17 nitrogen and oxygen atoms in total. The van der Waals surface area contributed by atoms with Gasteiger partial charge in [-0.3, -0.25) is 62.4 Å². The maximum Gasteiger partial charge on any atom is 0.180 e. The highest BCUT2D eigenvalue weighted by Crippen LogP contribution is 2.44. The standard InChI is InChI=1S/C23H20FN3O.C20H15BrFN3O.C20H15ClFN3O.C19H15BrN4O/c1-13-23-21(14(2)28)25-12-27(23)20-10-9-16(15-7-8-15)11-18(20)22(26-13)17-5-3-4-6-19(17)24;2*1-11-20-18(12(2)26)23-10-25(20)17-8-7-13(21)9-15(17)19(24-11)14-5-3-4-6-16(14)22;1-11-19-17(12(2)25)22-10-24(19)16-7-6-13(20)9-14(16)18(23-11)15-5-3-4-8-21-15/h3-6,9-13,15H,7-8H2,1-2H3;2*3-11H,1-2H3;3-11H,1-2H3/t13-;3*11-/m1111/s1. The molecule has 0 saturated heterocycles. The van der Waals surface area contributed by atoms with E-state index in [0.29, 0.717) is 84.5 Å². The molecular weight excluding hydrogens is 1480 g/mol. The molecule has 4 atom stereocenters. The molecule has 0 bridgehead atoms. The van der Waals surface area contributed by atoms with Crippen LogP contribution in [0.25, 0.3) is 22.7 Å². The molecule has 5 aromatic heterocycles. The quantitative estimate of drug-likeness (QED) is 0.126. The molecule has 7 aromatic carbocycles. The molecule has 12 aromatic rings. The smallest absolute Gasteiger partial charge is 0.180 e. The number of aliphatic imine (C=N–C) groups is 4. The Morgan fingerprint density at radius 3 is 1.06 bits per heavy atom. The topological polar surface area (TPSA) is 202 Å². The van der Waals surface area contributed by atoms with Gasteiger partial charge >= 0.3 is 0 Å². The first-order chi connectivity index (χ1) is 50.5. The minimum atomic E-state index is -0.378. The molecule has 1 fully saturated rings. The van der Waals surface area contributed by atoms with E-state index in [9.17, 15) is 32.3 Å². The highest BCUT2D eigenvalue weighted by Gasteiger charge is 2.34. The third-order valence-corrected chi connectivity index (χ3v) is 19.9. The predicted octanol–water partition coefficient (Wildman–Crippen LogP) is 18.8. The molecule has 524 valence electrons. The van der Waals surface area contributed by atoms with Gasteiger partial charge < -0.3 is 0 Å². The van der Waals surface area contributed by atoms with Crippen LogP contribution in [0.4, 0.5) is 13.2 Å². The Bertz CT molecular complexity index is 5500. The monoisotopic (exact) mass is 1550 g/mol. The van der Waals surface area contributed by atoms with Crippen LogP contribution >= 0.6 is 43.5 Å². The fraction of sp³-hybridized carbons (Fsp3) is 0.183. The molecule has 17 rings (SSSR count). The summed E-state index contributed by atoms with van der Waals surface area (Å²) in [5, 5.41) is 0.524. The molecule has 1 aliphatic carbocycles. The van der Waals surface area contributed by atoms with E-state index in [1.165, 1.54) is 64.3 Å². The van der Waals surface area contributed by atoms with Crippen LogP contribution in [-0.4, -0.2) is 89.2 Å². The van der Waals surface area contributed by atoms with Gasteiger partial charge in [0.25, 0.3) is 0 Å². The van der Waals surface area contributed by atoms with Crippen LogP contribution in [0.3, 0.4) is 0 Å². The second-order valence-electron chi connectivity index (χ2n) is 25.9. The van der Waals surface area contributed by atoms with Gasteiger partial charge in [0.05, 0.1) is 98.2 Å². The maximum atomic E-state index is 14.7. The second kappa shape index (κ2) is 29.2. The van der Waals surface area contributed by atoms with Crippen molar-refractivity contribution in [2.24, 2.45) is 20.0 Å². The van der Waals surface area contributed by atoms with Gasteiger partial charge in [-0.1, -0.05) is 92.0 Å². The summed E-state index contributed by atoms with van der Waals surface area (Å²) in [5.41, 5.74) is 17.2. The summed E-state index contributed by atoms with van der Waals surface area (Å²) >= 11 is 13.2. The lowest BCUT2D eigenvalue weighted by Gasteiger charge is -2.14. The Kier molecular flexibility index (Phi) is 19.7. The average Bonchev–Trinajstić information content (AvgIpc) is 1.66. The number of pyridine rings is 1. The van der Waals surface area contributed by atoms with Crippen molar-refractivity contribution in [2.75, 3.05) is 0 Å². The summed E-state index contributed by atoms with van der Waals surface area (Å²) in [7, 11) is 0. The third-order valence-electron chi connectivity index (χ3n) is 18.7. The van der Waals surface area contributed by atoms with E-state index in [0.717, 1.165) is 71.2 Å². The van der Waals surface area contributed by atoms with E-state index in [4.69, 9.17) is 31.6 Å². The number of Topliss-reactive ketones (excluding diaryl/α,β-unsaturated/α-hetero) is 4. The maximum absolute atomic E-state index is 14.7.